The third kappa shape index (κ3) is 9.87. The van der Waals surface area contributed by atoms with Crippen molar-refractivity contribution in [3.63, 3.8) is 0 Å². The Bertz CT molecular complexity index is 2040. The molecule has 6 nitrogen and oxygen atoms in total. The van der Waals surface area contributed by atoms with Gasteiger partial charge in [-0.3, -0.25) is 0 Å². The molecule has 0 saturated heterocycles. The number of aliphatic carboxylic acids is 1. The van der Waals surface area contributed by atoms with Crippen molar-refractivity contribution in [1.29, 1.82) is 5.26 Å². The molecule has 0 amide bonds. The molecule has 6 heteroatoms. The SMILES string of the molecule is CCCCCCCCCCCCN1c2ccc(/C=C/c3ccc(N(c4ccccc4)c4ccccc4)cc3)cc2Oc2ccc(/C=C(/C#N)C(=O)O)cc21. The average molecular weight is 716 g/mol. The van der Waals surface area contributed by atoms with Crippen LogP contribution in [0.5, 0.6) is 11.5 Å². The number of hydrogen-bond donors (Lipinski definition) is 1. The zero-order valence-electron chi connectivity index (χ0n) is 31.2. The number of nitrogens with zero attached hydrogens (tertiary/aromatic N) is 3. The van der Waals surface area contributed by atoms with Crippen molar-refractivity contribution in [3.8, 4) is 17.6 Å². The number of hydrogen-bond acceptors (Lipinski definition) is 5. The first-order valence-corrected chi connectivity index (χ1v) is 19.3. The Kier molecular flexibility index (Phi) is 13.4. The number of para-hydroxylation sites is 2. The Balaban J connectivity index is 1.18. The van der Waals surface area contributed by atoms with Gasteiger partial charge in [-0.15, -0.1) is 0 Å². The third-order valence-corrected chi connectivity index (χ3v) is 9.81. The minimum absolute atomic E-state index is 0.302. The van der Waals surface area contributed by atoms with Crippen molar-refractivity contribution >= 4 is 52.6 Å². The van der Waals surface area contributed by atoms with Crippen LogP contribution in [0.2, 0.25) is 0 Å². The summed E-state index contributed by atoms with van der Waals surface area (Å²) >= 11 is 0. The number of ether oxygens (including phenoxy) is 1. The van der Waals surface area contributed by atoms with Crippen molar-refractivity contribution in [2.24, 2.45) is 0 Å². The quantitative estimate of drug-likeness (QED) is 0.0421. The van der Waals surface area contributed by atoms with Gasteiger partial charge in [0.2, 0.25) is 0 Å². The van der Waals surface area contributed by atoms with Crippen LogP contribution in [-0.4, -0.2) is 17.6 Å². The van der Waals surface area contributed by atoms with Crippen molar-refractivity contribution in [3.05, 3.63) is 144 Å². The summed E-state index contributed by atoms with van der Waals surface area (Å²) in [6.07, 6.45) is 18.2. The van der Waals surface area contributed by atoms with Crippen molar-refractivity contribution < 1.29 is 14.6 Å². The molecular formula is C48H49N3O3. The summed E-state index contributed by atoms with van der Waals surface area (Å²) in [6.45, 7) is 3.06. The molecule has 0 bridgehead atoms. The third-order valence-electron chi connectivity index (χ3n) is 9.81. The average Bonchev–Trinajstić information content (AvgIpc) is 3.20. The summed E-state index contributed by atoms with van der Waals surface area (Å²) in [5.41, 5.74) is 7.59. The Morgan fingerprint density at radius 2 is 1.20 bits per heavy atom. The topological polar surface area (TPSA) is 76.8 Å². The fraction of sp³-hybridized carbons (Fsp3) is 0.250. The number of rotatable bonds is 18. The molecule has 5 aromatic carbocycles. The summed E-state index contributed by atoms with van der Waals surface area (Å²) in [5.74, 6) is 0.246. The normalized spacial score (nSPS) is 12.1. The first-order valence-electron chi connectivity index (χ1n) is 19.3. The minimum atomic E-state index is -1.24. The zero-order chi connectivity index (χ0) is 37.5. The van der Waals surface area contributed by atoms with Gasteiger partial charge in [-0.25, -0.2) is 4.79 Å². The number of benzene rings is 5. The lowest BCUT2D eigenvalue weighted by Gasteiger charge is -2.33. The summed E-state index contributed by atoms with van der Waals surface area (Å²) in [5, 5.41) is 18.8. The monoisotopic (exact) mass is 715 g/mol. The Morgan fingerprint density at radius 3 is 1.81 bits per heavy atom. The van der Waals surface area contributed by atoms with Crippen LogP contribution in [0.3, 0.4) is 0 Å². The molecule has 0 saturated carbocycles. The van der Waals surface area contributed by atoms with Crippen LogP contribution in [0, 0.1) is 11.3 Å². The number of carboxylic acids is 1. The molecule has 54 heavy (non-hydrogen) atoms. The summed E-state index contributed by atoms with van der Waals surface area (Å²) in [7, 11) is 0. The molecule has 0 unspecified atom stereocenters. The second-order valence-electron chi connectivity index (χ2n) is 13.8. The van der Waals surface area contributed by atoms with E-state index in [9.17, 15) is 15.2 Å². The van der Waals surface area contributed by atoms with Gasteiger partial charge >= 0.3 is 5.97 Å². The smallest absolute Gasteiger partial charge is 0.346 e. The van der Waals surface area contributed by atoms with Gasteiger partial charge in [0.05, 0.1) is 11.4 Å². The highest BCUT2D eigenvalue weighted by Gasteiger charge is 2.25. The summed E-state index contributed by atoms with van der Waals surface area (Å²) in [6, 6.07) is 43.0. The maximum atomic E-state index is 11.6. The highest BCUT2D eigenvalue weighted by Crippen LogP contribution is 2.48. The van der Waals surface area contributed by atoms with Gasteiger partial charge < -0.3 is 19.6 Å². The molecule has 6 rings (SSSR count). The van der Waals surface area contributed by atoms with Gasteiger partial charge in [0.1, 0.15) is 11.6 Å². The van der Waals surface area contributed by atoms with E-state index in [1.165, 1.54) is 57.4 Å². The molecule has 0 atom stereocenters. The molecular weight excluding hydrogens is 667 g/mol. The molecule has 1 N–H and O–H groups in total. The summed E-state index contributed by atoms with van der Waals surface area (Å²) in [4.78, 5) is 16.1. The van der Waals surface area contributed by atoms with E-state index in [4.69, 9.17) is 4.74 Å². The van der Waals surface area contributed by atoms with E-state index in [1.807, 2.05) is 24.3 Å². The molecule has 0 spiro atoms. The van der Waals surface area contributed by atoms with Crippen molar-refractivity contribution in [1.82, 2.24) is 0 Å². The first kappa shape index (κ1) is 37.7. The van der Waals surface area contributed by atoms with Gasteiger partial charge in [-0.2, -0.15) is 5.26 Å². The number of carbonyl (C=O) groups is 1. The molecule has 1 aliphatic heterocycles. The van der Waals surface area contributed by atoms with Crippen molar-refractivity contribution in [2.45, 2.75) is 71.1 Å². The standard InChI is InChI=1S/C48H49N3O3/c1-2-3-4-5-6-7-8-9-10-17-32-50-44-30-26-38(35-47(44)54-46-31-27-39(34-45(46)50)33-40(36-49)48(52)53)23-22-37-24-28-43(29-25-37)51(41-18-13-11-14-19-41)42-20-15-12-16-21-42/h11-16,18-31,33-35H,2-10,17,32H2,1H3,(H,52,53)/b23-22+,40-33-. The molecule has 1 aliphatic rings. The number of unbranched alkanes of at least 4 members (excludes halogenated alkanes) is 9. The zero-order valence-corrected chi connectivity index (χ0v) is 31.2. The maximum Gasteiger partial charge on any atom is 0.346 e. The van der Waals surface area contributed by atoms with Gasteiger partial charge in [0, 0.05) is 23.6 Å². The number of fused-ring (bicyclic) bond motifs is 2. The highest BCUT2D eigenvalue weighted by atomic mass is 16.5. The largest absolute Gasteiger partial charge is 0.477 e. The van der Waals surface area contributed by atoms with Gasteiger partial charge in [-0.1, -0.05) is 138 Å². The Morgan fingerprint density at radius 1 is 0.648 bits per heavy atom. The molecule has 5 aromatic rings. The van der Waals surface area contributed by atoms with E-state index >= 15 is 0 Å². The van der Waals surface area contributed by atoms with E-state index in [-0.39, 0.29) is 5.57 Å². The van der Waals surface area contributed by atoms with Crippen LogP contribution >= 0.6 is 0 Å². The molecule has 0 aliphatic carbocycles. The number of nitriles is 1. The Labute approximate surface area is 320 Å². The fourth-order valence-electron chi connectivity index (χ4n) is 6.94. The van der Waals surface area contributed by atoms with E-state index in [2.05, 4.69) is 120 Å². The molecule has 0 radical (unpaired) electrons. The van der Waals surface area contributed by atoms with E-state index in [0.29, 0.717) is 11.3 Å². The van der Waals surface area contributed by atoms with Crippen LogP contribution in [-0.2, 0) is 4.79 Å². The second-order valence-corrected chi connectivity index (χ2v) is 13.8. The summed E-state index contributed by atoms with van der Waals surface area (Å²) < 4.78 is 6.48. The minimum Gasteiger partial charge on any atom is -0.477 e. The predicted molar refractivity (Wildman–Crippen MR) is 223 cm³/mol. The second kappa shape index (κ2) is 19.1. The van der Waals surface area contributed by atoms with Crippen LogP contribution in [0.25, 0.3) is 18.2 Å². The highest BCUT2D eigenvalue weighted by molar-refractivity contribution is 5.97. The molecule has 0 aromatic heterocycles. The van der Waals surface area contributed by atoms with Crippen LogP contribution in [0.4, 0.5) is 28.4 Å². The number of anilines is 5. The molecule has 274 valence electrons. The Hall–Kier alpha value is -6.06. The fourth-order valence-corrected chi connectivity index (χ4v) is 6.94. The van der Waals surface area contributed by atoms with E-state index < -0.39 is 5.97 Å². The van der Waals surface area contributed by atoms with E-state index in [0.717, 1.165) is 64.7 Å². The first-order chi connectivity index (χ1) is 26.5. The van der Waals surface area contributed by atoms with Gasteiger partial charge in [0.15, 0.2) is 11.5 Å². The van der Waals surface area contributed by atoms with E-state index in [1.54, 1.807) is 12.1 Å². The lowest BCUT2D eigenvalue weighted by atomic mass is 10.0. The molecule has 0 fully saturated rings. The van der Waals surface area contributed by atoms with Crippen molar-refractivity contribution in [2.75, 3.05) is 16.3 Å². The van der Waals surface area contributed by atoms with Crippen LogP contribution < -0.4 is 14.5 Å². The van der Waals surface area contributed by atoms with Crippen LogP contribution in [0.15, 0.2) is 127 Å². The predicted octanol–water partition coefficient (Wildman–Crippen LogP) is 13.5. The lowest BCUT2D eigenvalue weighted by Crippen LogP contribution is -2.22. The lowest BCUT2D eigenvalue weighted by molar-refractivity contribution is -0.132. The van der Waals surface area contributed by atoms with Gasteiger partial charge in [0.25, 0.3) is 0 Å². The van der Waals surface area contributed by atoms with Crippen LogP contribution in [0.1, 0.15) is 87.8 Å². The number of carboxylic acid groups (broad SMARTS) is 1. The van der Waals surface area contributed by atoms with Gasteiger partial charge in [-0.05, 0) is 89.9 Å². The molecule has 1 heterocycles. The maximum absolute atomic E-state index is 11.6.